The lowest BCUT2D eigenvalue weighted by atomic mass is 10.1. The van der Waals surface area contributed by atoms with Gasteiger partial charge < -0.3 is 19.5 Å². The summed E-state index contributed by atoms with van der Waals surface area (Å²) in [6.07, 6.45) is 7.81. The number of hydrogen-bond donors (Lipinski definition) is 1. The second-order valence-electron chi connectivity index (χ2n) is 6.08. The highest BCUT2D eigenvalue weighted by molar-refractivity contribution is 5.84. The standard InChI is InChI=1S/C17H22N6O3/c1-2-14-18-7-9-21(14)8-4-15(24)23-11-10-22(12-13(23)16(25)26)17-19-5-3-6-20-17/h3,5-7,9,13H,2,4,8,10-12H2,1H3,(H,25,26). The van der Waals surface area contributed by atoms with Crippen molar-refractivity contribution in [2.24, 2.45) is 0 Å². The van der Waals surface area contributed by atoms with Crippen LogP contribution in [0.15, 0.2) is 30.9 Å². The molecule has 0 radical (unpaired) electrons. The van der Waals surface area contributed by atoms with Gasteiger partial charge in [0.2, 0.25) is 11.9 Å². The molecule has 9 nitrogen and oxygen atoms in total. The Balaban J connectivity index is 1.65. The molecule has 3 rings (SSSR count). The summed E-state index contributed by atoms with van der Waals surface area (Å²) < 4.78 is 1.93. The molecule has 0 aliphatic carbocycles. The minimum Gasteiger partial charge on any atom is -0.480 e. The van der Waals surface area contributed by atoms with Crippen LogP contribution in [0, 0.1) is 0 Å². The normalized spacial score (nSPS) is 17.3. The van der Waals surface area contributed by atoms with Crippen LogP contribution in [0.3, 0.4) is 0 Å². The first kappa shape index (κ1) is 17.8. The molecule has 2 aromatic heterocycles. The molecular weight excluding hydrogens is 336 g/mol. The van der Waals surface area contributed by atoms with Gasteiger partial charge in [-0.3, -0.25) is 4.79 Å². The Morgan fingerprint density at radius 1 is 1.19 bits per heavy atom. The largest absolute Gasteiger partial charge is 0.480 e. The molecule has 26 heavy (non-hydrogen) atoms. The number of carboxylic acid groups (broad SMARTS) is 1. The number of carbonyl (C=O) groups excluding carboxylic acids is 1. The zero-order valence-corrected chi connectivity index (χ0v) is 14.7. The zero-order valence-electron chi connectivity index (χ0n) is 14.7. The van der Waals surface area contributed by atoms with Crippen molar-refractivity contribution in [2.45, 2.75) is 32.4 Å². The number of anilines is 1. The third kappa shape index (κ3) is 3.81. The molecule has 1 unspecified atom stereocenters. The molecule has 2 aromatic rings. The fourth-order valence-electron chi connectivity index (χ4n) is 3.15. The third-order valence-corrected chi connectivity index (χ3v) is 4.51. The maximum Gasteiger partial charge on any atom is 0.328 e. The number of nitrogens with zero attached hydrogens (tertiary/aromatic N) is 6. The van der Waals surface area contributed by atoms with Gasteiger partial charge in [0.25, 0.3) is 0 Å². The maximum absolute atomic E-state index is 12.6. The van der Waals surface area contributed by atoms with Crippen molar-refractivity contribution in [3.63, 3.8) is 0 Å². The van der Waals surface area contributed by atoms with Crippen LogP contribution < -0.4 is 4.90 Å². The van der Waals surface area contributed by atoms with E-state index in [2.05, 4.69) is 15.0 Å². The molecule has 0 spiro atoms. The van der Waals surface area contributed by atoms with Crippen LogP contribution in [-0.4, -0.2) is 67.1 Å². The van der Waals surface area contributed by atoms with E-state index in [-0.39, 0.29) is 18.9 Å². The molecule has 1 amide bonds. The van der Waals surface area contributed by atoms with Gasteiger partial charge in [-0.05, 0) is 6.07 Å². The quantitative estimate of drug-likeness (QED) is 0.798. The highest BCUT2D eigenvalue weighted by Gasteiger charge is 2.35. The summed E-state index contributed by atoms with van der Waals surface area (Å²) in [6, 6.07) is 0.798. The Kier molecular flexibility index (Phi) is 5.45. The Morgan fingerprint density at radius 3 is 2.65 bits per heavy atom. The summed E-state index contributed by atoms with van der Waals surface area (Å²) in [4.78, 5) is 40.1. The number of carboxylic acids is 1. The number of piperazine rings is 1. The van der Waals surface area contributed by atoms with E-state index in [1.165, 1.54) is 4.90 Å². The number of amides is 1. The topological polar surface area (TPSA) is 104 Å². The number of aromatic nitrogens is 4. The van der Waals surface area contributed by atoms with Gasteiger partial charge in [0.15, 0.2) is 0 Å². The summed E-state index contributed by atoms with van der Waals surface area (Å²) in [5.74, 6) is 0.216. The Labute approximate surface area is 151 Å². The monoisotopic (exact) mass is 358 g/mol. The van der Waals surface area contributed by atoms with E-state index in [0.717, 1.165) is 12.2 Å². The van der Waals surface area contributed by atoms with Crippen LogP contribution in [0.1, 0.15) is 19.2 Å². The second-order valence-corrected chi connectivity index (χ2v) is 6.08. The van der Waals surface area contributed by atoms with Gasteiger partial charge in [-0.1, -0.05) is 6.92 Å². The van der Waals surface area contributed by atoms with Gasteiger partial charge >= 0.3 is 5.97 Å². The summed E-state index contributed by atoms with van der Waals surface area (Å²) in [7, 11) is 0. The average molecular weight is 358 g/mol. The number of rotatable bonds is 6. The minimum absolute atomic E-state index is 0.165. The van der Waals surface area contributed by atoms with Crippen molar-refractivity contribution >= 4 is 17.8 Å². The maximum atomic E-state index is 12.6. The molecule has 1 saturated heterocycles. The zero-order chi connectivity index (χ0) is 18.5. The van der Waals surface area contributed by atoms with Crippen molar-refractivity contribution in [1.82, 2.24) is 24.4 Å². The van der Waals surface area contributed by atoms with Crippen LogP contribution in [0.5, 0.6) is 0 Å². The van der Waals surface area contributed by atoms with Crippen molar-refractivity contribution in [1.29, 1.82) is 0 Å². The van der Waals surface area contributed by atoms with Crippen molar-refractivity contribution in [3.05, 3.63) is 36.7 Å². The number of aryl methyl sites for hydroxylation is 2. The molecule has 1 aliphatic heterocycles. The Hall–Kier alpha value is -2.97. The number of imidazole rings is 1. The van der Waals surface area contributed by atoms with Crippen molar-refractivity contribution in [2.75, 3.05) is 24.5 Å². The van der Waals surface area contributed by atoms with Crippen LogP contribution in [0.4, 0.5) is 5.95 Å². The van der Waals surface area contributed by atoms with Crippen LogP contribution in [-0.2, 0) is 22.6 Å². The summed E-state index contributed by atoms with van der Waals surface area (Å²) in [6.45, 7) is 3.52. The summed E-state index contributed by atoms with van der Waals surface area (Å²) in [5.41, 5.74) is 0. The highest BCUT2D eigenvalue weighted by atomic mass is 16.4. The molecule has 0 saturated carbocycles. The van der Waals surface area contributed by atoms with Crippen LogP contribution >= 0.6 is 0 Å². The van der Waals surface area contributed by atoms with Gasteiger partial charge in [0.1, 0.15) is 11.9 Å². The molecule has 3 heterocycles. The molecule has 1 atom stereocenters. The Bertz CT molecular complexity index is 763. The molecule has 0 aromatic carbocycles. The fraction of sp³-hybridized carbons (Fsp3) is 0.471. The van der Waals surface area contributed by atoms with E-state index in [1.807, 2.05) is 17.7 Å². The molecule has 1 aliphatic rings. The minimum atomic E-state index is -1.02. The van der Waals surface area contributed by atoms with Crippen molar-refractivity contribution < 1.29 is 14.7 Å². The lowest BCUT2D eigenvalue weighted by molar-refractivity contribution is -0.150. The van der Waals surface area contributed by atoms with Gasteiger partial charge in [0.05, 0.1) is 6.54 Å². The van der Waals surface area contributed by atoms with E-state index >= 15 is 0 Å². The second kappa shape index (κ2) is 7.94. The number of hydrogen-bond acceptors (Lipinski definition) is 6. The van der Waals surface area contributed by atoms with Gasteiger partial charge in [0, 0.05) is 57.3 Å². The SMILES string of the molecule is CCc1nccn1CCC(=O)N1CCN(c2ncccn2)CC1C(=O)O. The van der Waals surface area contributed by atoms with E-state index in [1.54, 1.807) is 29.6 Å². The summed E-state index contributed by atoms with van der Waals surface area (Å²) >= 11 is 0. The first-order valence-electron chi connectivity index (χ1n) is 8.64. The predicted octanol–water partition coefficient (Wildman–Crippen LogP) is 0.428. The predicted molar refractivity (Wildman–Crippen MR) is 93.6 cm³/mol. The van der Waals surface area contributed by atoms with Gasteiger partial charge in [-0.15, -0.1) is 0 Å². The first-order valence-corrected chi connectivity index (χ1v) is 8.64. The lowest BCUT2D eigenvalue weighted by Crippen LogP contribution is -2.58. The molecule has 1 fully saturated rings. The highest BCUT2D eigenvalue weighted by Crippen LogP contribution is 2.16. The Morgan fingerprint density at radius 2 is 1.96 bits per heavy atom. The van der Waals surface area contributed by atoms with Gasteiger partial charge in [-0.2, -0.15) is 0 Å². The molecule has 1 N–H and O–H groups in total. The molecule has 9 heteroatoms. The van der Waals surface area contributed by atoms with E-state index in [0.29, 0.717) is 25.6 Å². The number of carbonyl (C=O) groups is 2. The molecule has 138 valence electrons. The van der Waals surface area contributed by atoms with Crippen LogP contribution in [0.2, 0.25) is 0 Å². The third-order valence-electron chi connectivity index (χ3n) is 4.51. The van der Waals surface area contributed by atoms with E-state index in [9.17, 15) is 14.7 Å². The molecular formula is C17H22N6O3. The smallest absolute Gasteiger partial charge is 0.328 e. The van der Waals surface area contributed by atoms with Gasteiger partial charge in [-0.25, -0.2) is 19.7 Å². The average Bonchev–Trinajstić information content (AvgIpc) is 3.14. The molecule has 0 bridgehead atoms. The first-order chi connectivity index (χ1) is 12.6. The van der Waals surface area contributed by atoms with E-state index < -0.39 is 12.0 Å². The lowest BCUT2D eigenvalue weighted by Gasteiger charge is -2.39. The fourth-order valence-corrected chi connectivity index (χ4v) is 3.15. The number of aliphatic carboxylic acids is 1. The van der Waals surface area contributed by atoms with Crippen LogP contribution in [0.25, 0.3) is 0 Å². The summed E-state index contributed by atoms with van der Waals surface area (Å²) in [5, 5.41) is 9.58. The van der Waals surface area contributed by atoms with Crippen molar-refractivity contribution in [3.8, 4) is 0 Å². The van der Waals surface area contributed by atoms with E-state index in [4.69, 9.17) is 0 Å².